The molecule has 1 aromatic rings. The Bertz CT molecular complexity index is 439. The van der Waals surface area contributed by atoms with Crippen LogP contribution >= 0.6 is 0 Å². The standard InChI is InChI=1S/C14H17F2NO/c1-9(2)14-8-13(18)3-4-17(14)12-6-10(15)5-11(16)7-12/h5-7,9,14H,3-4,8H2,1-2H3. The molecule has 0 amide bonds. The number of piperidine rings is 1. The lowest BCUT2D eigenvalue weighted by atomic mass is 9.91. The number of hydrogen-bond donors (Lipinski definition) is 0. The highest BCUT2D eigenvalue weighted by atomic mass is 19.1. The van der Waals surface area contributed by atoms with Crippen molar-refractivity contribution < 1.29 is 13.6 Å². The lowest BCUT2D eigenvalue weighted by Crippen LogP contribution is -2.46. The first-order chi connectivity index (χ1) is 8.47. The summed E-state index contributed by atoms with van der Waals surface area (Å²) in [5, 5.41) is 0. The van der Waals surface area contributed by atoms with Crippen LogP contribution < -0.4 is 4.90 Å². The van der Waals surface area contributed by atoms with Gasteiger partial charge < -0.3 is 4.90 Å². The number of nitrogens with zero attached hydrogens (tertiary/aromatic N) is 1. The number of anilines is 1. The third kappa shape index (κ3) is 2.68. The van der Waals surface area contributed by atoms with Crippen molar-refractivity contribution >= 4 is 11.5 Å². The Hall–Kier alpha value is -1.45. The Morgan fingerprint density at radius 1 is 1.22 bits per heavy atom. The van der Waals surface area contributed by atoms with Crippen LogP contribution in [0.15, 0.2) is 18.2 Å². The smallest absolute Gasteiger partial charge is 0.136 e. The van der Waals surface area contributed by atoms with Gasteiger partial charge in [-0.1, -0.05) is 13.8 Å². The van der Waals surface area contributed by atoms with Gasteiger partial charge >= 0.3 is 0 Å². The van der Waals surface area contributed by atoms with Crippen LogP contribution in [-0.4, -0.2) is 18.4 Å². The zero-order chi connectivity index (χ0) is 13.3. The summed E-state index contributed by atoms with van der Waals surface area (Å²) in [6.07, 6.45) is 0.900. The summed E-state index contributed by atoms with van der Waals surface area (Å²) >= 11 is 0. The van der Waals surface area contributed by atoms with Gasteiger partial charge in [0.05, 0.1) is 0 Å². The zero-order valence-electron chi connectivity index (χ0n) is 10.6. The predicted octanol–water partition coefficient (Wildman–Crippen LogP) is 3.16. The molecule has 2 nitrogen and oxygen atoms in total. The first kappa shape index (κ1) is 13.0. The quantitative estimate of drug-likeness (QED) is 0.807. The van der Waals surface area contributed by atoms with Crippen molar-refractivity contribution in [3.8, 4) is 0 Å². The van der Waals surface area contributed by atoms with E-state index in [0.29, 0.717) is 25.1 Å². The minimum Gasteiger partial charge on any atom is -0.367 e. The maximum atomic E-state index is 13.3. The lowest BCUT2D eigenvalue weighted by molar-refractivity contribution is -0.120. The van der Waals surface area contributed by atoms with Gasteiger partial charge in [0.2, 0.25) is 0 Å². The molecule has 1 saturated heterocycles. The summed E-state index contributed by atoms with van der Waals surface area (Å²) in [6, 6.07) is 3.54. The highest BCUT2D eigenvalue weighted by molar-refractivity contribution is 5.81. The van der Waals surface area contributed by atoms with Gasteiger partial charge in [-0.05, 0) is 18.1 Å². The lowest BCUT2D eigenvalue weighted by Gasteiger charge is -2.39. The summed E-state index contributed by atoms with van der Waals surface area (Å²) in [7, 11) is 0. The number of carbonyl (C=O) groups is 1. The first-order valence-corrected chi connectivity index (χ1v) is 6.22. The Kier molecular flexibility index (Phi) is 3.64. The molecule has 1 heterocycles. The molecule has 2 rings (SSSR count). The second-order valence-electron chi connectivity index (χ2n) is 5.13. The van der Waals surface area contributed by atoms with E-state index >= 15 is 0 Å². The van der Waals surface area contributed by atoms with E-state index in [9.17, 15) is 13.6 Å². The van der Waals surface area contributed by atoms with E-state index < -0.39 is 11.6 Å². The molecular weight excluding hydrogens is 236 g/mol. The van der Waals surface area contributed by atoms with Crippen molar-refractivity contribution in [3.63, 3.8) is 0 Å². The van der Waals surface area contributed by atoms with E-state index in [0.717, 1.165) is 6.07 Å². The number of benzene rings is 1. The molecular formula is C14H17F2NO. The summed E-state index contributed by atoms with van der Waals surface area (Å²) in [4.78, 5) is 13.5. The molecule has 98 valence electrons. The molecule has 18 heavy (non-hydrogen) atoms. The summed E-state index contributed by atoms with van der Waals surface area (Å²) in [6.45, 7) is 4.57. The van der Waals surface area contributed by atoms with Crippen molar-refractivity contribution in [1.29, 1.82) is 0 Å². The fourth-order valence-electron chi connectivity index (χ4n) is 2.48. The van der Waals surface area contributed by atoms with Gasteiger partial charge in [-0.25, -0.2) is 8.78 Å². The van der Waals surface area contributed by atoms with Gasteiger partial charge in [-0.15, -0.1) is 0 Å². The van der Waals surface area contributed by atoms with Crippen molar-refractivity contribution in [2.24, 2.45) is 5.92 Å². The van der Waals surface area contributed by atoms with Gasteiger partial charge in [0.1, 0.15) is 17.4 Å². The fraction of sp³-hybridized carbons (Fsp3) is 0.500. The van der Waals surface area contributed by atoms with Crippen LogP contribution in [0.2, 0.25) is 0 Å². The van der Waals surface area contributed by atoms with Gasteiger partial charge in [0.15, 0.2) is 0 Å². The van der Waals surface area contributed by atoms with E-state index in [-0.39, 0.29) is 17.7 Å². The Balaban J connectivity index is 2.32. The van der Waals surface area contributed by atoms with Crippen LogP contribution in [0.4, 0.5) is 14.5 Å². The second kappa shape index (κ2) is 5.04. The van der Waals surface area contributed by atoms with Crippen LogP contribution in [0.5, 0.6) is 0 Å². The molecule has 1 fully saturated rings. The number of ketones is 1. The highest BCUT2D eigenvalue weighted by Gasteiger charge is 2.29. The molecule has 1 unspecified atom stereocenters. The third-order valence-electron chi connectivity index (χ3n) is 3.42. The van der Waals surface area contributed by atoms with Crippen LogP contribution in [0, 0.1) is 17.6 Å². The van der Waals surface area contributed by atoms with Crippen LogP contribution in [0.1, 0.15) is 26.7 Å². The van der Waals surface area contributed by atoms with Crippen LogP contribution in [0.25, 0.3) is 0 Å². The number of Topliss-reactive ketones (excluding diaryl/α,β-unsaturated/α-hetero) is 1. The van der Waals surface area contributed by atoms with Crippen LogP contribution in [-0.2, 0) is 4.79 Å². The Morgan fingerprint density at radius 2 is 1.83 bits per heavy atom. The predicted molar refractivity (Wildman–Crippen MR) is 66.6 cm³/mol. The minimum absolute atomic E-state index is 0.0208. The number of hydrogen-bond acceptors (Lipinski definition) is 2. The van der Waals surface area contributed by atoms with Gasteiger partial charge in [-0.3, -0.25) is 4.79 Å². The molecule has 0 aromatic heterocycles. The maximum absolute atomic E-state index is 13.3. The minimum atomic E-state index is -0.579. The summed E-state index contributed by atoms with van der Waals surface area (Å²) in [5.74, 6) is -0.670. The molecule has 0 spiro atoms. The molecule has 1 aromatic carbocycles. The Morgan fingerprint density at radius 3 is 2.39 bits per heavy atom. The van der Waals surface area contributed by atoms with Crippen molar-refractivity contribution in [2.45, 2.75) is 32.7 Å². The molecule has 1 aliphatic heterocycles. The molecule has 0 aliphatic carbocycles. The SMILES string of the molecule is CC(C)C1CC(=O)CCN1c1cc(F)cc(F)c1. The number of rotatable bonds is 2. The Labute approximate surface area is 106 Å². The maximum Gasteiger partial charge on any atom is 0.136 e. The van der Waals surface area contributed by atoms with Gasteiger partial charge in [0.25, 0.3) is 0 Å². The molecule has 0 bridgehead atoms. The fourth-order valence-corrected chi connectivity index (χ4v) is 2.48. The second-order valence-corrected chi connectivity index (χ2v) is 5.13. The third-order valence-corrected chi connectivity index (χ3v) is 3.42. The molecule has 0 radical (unpaired) electrons. The van der Waals surface area contributed by atoms with E-state index in [1.807, 2.05) is 18.7 Å². The number of halogens is 2. The van der Waals surface area contributed by atoms with Gasteiger partial charge in [-0.2, -0.15) is 0 Å². The molecule has 4 heteroatoms. The first-order valence-electron chi connectivity index (χ1n) is 6.22. The average molecular weight is 253 g/mol. The zero-order valence-corrected chi connectivity index (χ0v) is 10.6. The van der Waals surface area contributed by atoms with Crippen LogP contribution in [0.3, 0.4) is 0 Å². The molecule has 0 N–H and O–H groups in total. The monoisotopic (exact) mass is 253 g/mol. The highest BCUT2D eigenvalue weighted by Crippen LogP contribution is 2.28. The van der Waals surface area contributed by atoms with E-state index in [2.05, 4.69) is 0 Å². The van der Waals surface area contributed by atoms with E-state index in [4.69, 9.17) is 0 Å². The van der Waals surface area contributed by atoms with E-state index in [1.54, 1.807) is 0 Å². The van der Waals surface area contributed by atoms with Crippen molar-refractivity contribution in [3.05, 3.63) is 29.8 Å². The van der Waals surface area contributed by atoms with Gasteiger partial charge in [0, 0.05) is 37.2 Å². The van der Waals surface area contributed by atoms with E-state index in [1.165, 1.54) is 12.1 Å². The summed E-state index contributed by atoms with van der Waals surface area (Å²) in [5.41, 5.74) is 0.527. The topological polar surface area (TPSA) is 20.3 Å². The molecule has 1 aliphatic rings. The summed E-state index contributed by atoms with van der Waals surface area (Å²) < 4.78 is 26.5. The van der Waals surface area contributed by atoms with Crippen molar-refractivity contribution in [1.82, 2.24) is 0 Å². The molecule has 0 saturated carbocycles. The molecule has 1 atom stereocenters. The average Bonchev–Trinajstić information content (AvgIpc) is 2.27. The normalized spacial score (nSPS) is 20.6. The largest absolute Gasteiger partial charge is 0.367 e. The van der Waals surface area contributed by atoms with Crippen molar-refractivity contribution in [2.75, 3.05) is 11.4 Å². The number of carbonyl (C=O) groups excluding carboxylic acids is 1.